The topological polar surface area (TPSA) is 38.3 Å². The summed E-state index contributed by atoms with van der Waals surface area (Å²) >= 11 is 0. The Balaban J connectivity index is 1.62. The number of fused-ring (bicyclic) bond motifs is 1. The summed E-state index contributed by atoms with van der Waals surface area (Å²) in [5.41, 5.74) is 1.03. The molecule has 3 aromatic rings. The molecule has 4 heteroatoms. The van der Waals surface area contributed by atoms with Crippen molar-refractivity contribution in [1.82, 2.24) is 5.32 Å². The Kier molecular flexibility index (Phi) is 5.29. The highest BCUT2D eigenvalue weighted by Gasteiger charge is 2.18. The third-order valence-corrected chi connectivity index (χ3v) is 4.04. The molecule has 3 nitrogen and oxygen atoms in total. The fourth-order valence-electron chi connectivity index (χ4n) is 2.65. The molecule has 0 aliphatic rings. The summed E-state index contributed by atoms with van der Waals surface area (Å²) in [6.45, 7) is 2.32. The molecule has 0 aliphatic heterocycles. The number of halogens is 1. The number of amides is 1. The molecule has 1 amide bonds. The number of benzene rings is 3. The zero-order valence-corrected chi connectivity index (χ0v) is 14.0. The van der Waals surface area contributed by atoms with Crippen molar-refractivity contribution in [2.75, 3.05) is 0 Å². The number of hydrogen-bond acceptors (Lipinski definition) is 2. The maximum absolute atomic E-state index is 12.9. The summed E-state index contributed by atoms with van der Waals surface area (Å²) < 4.78 is 18.6. The number of hydrogen-bond donors (Lipinski definition) is 1. The largest absolute Gasteiger partial charge is 0.481 e. The normalized spacial score (nSPS) is 11.9. The van der Waals surface area contributed by atoms with Crippen LogP contribution in [0.3, 0.4) is 0 Å². The Morgan fingerprint density at radius 3 is 2.48 bits per heavy atom. The second kappa shape index (κ2) is 7.79. The van der Waals surface area contributed by atoms with Gasteiger partial charge in [-0.05, 0) is 53.1 Å². The summed E-state index contributed by atoms with van der Waals surface area (Å²) in [6.07, 6.45) is -0.0769. The molecular formula is C21H20FNO2. The number of ether oxygens (including phenoxy) is 1. The fraction of sp³-hybridized carbons (Fsp3) is 0.190. The van der Waals surface area contributed by atoms with Crippen molar-refractivity contribution in [2.45, 2.75) is 26.0 Å². The summed E-state index contributed by atoms with van der Waals surface area (Å²) in [4.78, 5) is 12.4. The predicted molar refractivity (Wildman–Crippen MR) is 96.9 cm³/mol. The van der Waals surface area contributed by atoms with Crippen molar-refractivity contribution >= 4 is 16.7 Å². The highest BCUT2D eigenvalue weighted by atomic mass is 19.1. The van der Waals surface area contributed by atoms with Gasteiger partial charge in [-0.3, -0.25) is 4.79 Å². The van der Waals surface area contributed by atoms with Crippen LogP contribution < -0.4 is 10.1 Å². The lowest BCUT2D eigenvalue weighted by Crippen LogP contribution is -2.37. The molecule has 3 aromatic carbocycles. The van der Waals surface area contributed by atoms with Gasteiger partial charge < -0.3 is 10.1 Å². The van der Waals surface area contributed by atoms with Gasteiger partial charge in [0.15, 0.2) is 6.10 Å². The van der Waals surface area contributed by atoms with Crippen molar-refractivity contribution in [1.29, 1.82) is 0 Å². The number of nitrogens with one attached hydrogen (secondary N) is 1. The van der Waals surface area contributed by atoms with Crippen LogP contribution in [0.15, 0.2) is 66.7 Å². The van der Waals surface area contributed by atoms with Crippen LogP contribution in [0.1, 0.15) is 18.9 Å². The molecule has 0 saturated carbocycles. The maximum Gasteiger partial charge on any atom is 0.261 e. The Hall–Kier alpha value is -2.88. The molecule has 0 fully saturated rings. The first-order valence-corrected chi connectivity index (χ1v) is 8.33. The lowest BCUT2D eigenvalue weighted by molar-refractivity contribution is -0.128. The first kappa shape index (κ1) is 17.0. The van der Waals surface area contributed by atoms with Gasteiger partial charge in [0.05, 0.1) is 0 Å². The smallest absolute Gasteiger partial charge is 0.261 e. The van der Waals surface area contributed by atoms with Crippen molar-refractivity contribution in [3.63, 3.8) is 0 Å². The lowest BCUT2D eigenvalue weighted by Gasteiger charge is -2.17. The van der Waals surface area contributed by atoms with E-state index in [0.717, 1.165) is 10.9 Å². The van der Waals surface area contributed by atoms with Gasteiger partial charge in [0.2, 0.25) is 0 Å². The van der Waals surface area contributed by atoms with Gasteiger partial charge in [-0.25, -0.2) is 4.39 Å². The molecule has 3 rings (SSSR count). The van der Waals surface area contributed by atoms with E-state index in [1.807, 2.05) is 37.3 Å². The van der Waals surface area contributed by atoms with E-state index in [4.69, 9.17) is 4.74 Å². The third kappa shape index (κ3) is 4.35. The van der Waals surface area contributed by atoms with Crippen LogP contribution in [0.4, 0.5) is 4.39 Å². The molecule has 0 saturated heterocycles. The molecule has 1 atom stereocenters. The minimum Gasteiger partial charge on any atom is -0.481 e. The van der Waals surface area contributed by atoms with Crippen LogP contribution in [0.5, 0.6) is 5.75 Å². The van der Waals surface area contributed by atoms with Crippen LogP contribution in [0.25, 0.3) is 10.8 Å². The third-order valence-electron chi connectivity index (χ3n) is 4.04. The molecular weight excluding hydrogens is 317 g/mol. The lowest BCUT2D eigenvalue weighted by atomic mass is 10.1. The second-order valence-corrected chi connectivity index (χ2v) is 5.87. The standard InChI is InChI=1S/C21H20FNO2/c1-2-20(25-19-11-9-18(22)10-12-19)21(24)23-14-15-7-8-16-5-3-4-6-17(16)13-15/h3-13,20H,2,14H2,1H3,(H,23,24)/t20-/m0/s1. The fourth-order valence-corrected chi connectivity index (χ4v) is 2.65. The van der Waals surface area contributed by atoms with Crippen LogP contribution in [-0.2, 0) is 11.3 Å². The number of carbonyl (C=O) groups is 1. The molecule has 0 aromatic heterocycles. The zero-order valence-electron chi connectivity index (χ0n) is 14.0. The molecule has 128 valence electrons. The van der Waals surface area contributed by atoms with E-state index in [1.165, 1.54) is 29.7 Å². The molecule has 1 N–H and O–H groups in total. The van der Waals surface area contributed by atoms with Gasteiger partial charge in [0.25, 0.3) is 5.91 Å². The van der Waals surface area contributed by atoms with E-state index in [2.05, 4.69) is 17.4 Å². The summed E-state index contributed by atoms with van der Waals surface area (Å²) in [7, 11) is 0. The van der Waals surface area contributed by atoms with Gasteiger partial charge in [0.1, 0.15) is 11.6 Å². The van der Waals surface area contributed by atoms with Crippen molar-refractivity contribution in [3.05, 3.63) is 78.1 Å². The van der Waals surface area contributed by atoms with Crippen molar-refractivity contribution in [2.24, 2.45) is 0 Å². The van der Waals surface area contributed by atoms with Gasteiger partial charge in [-0.15, -0.1) is 0 Å². The molecule has 0 heterocycles. The van der Waals surface area contributed by atoms with E-state index in [-0.39, 0.29) is 11.7 Å². The van der Waals surface area contributed by atoms with Crippen LogP contribution in [-0.4, -0.2) is 12.0 Å². The zero-order chi connectivity index (χ0) is 17.6. The van der Waals surface area contributed by atoms with E-state index in [1.54, 1.807) is 0 Å². The predicted octanol–water partition coefficient (Wildman–Crippen LogP) is 4.45. The van der Waals surface area contributed by atoms with E-state index in [9.17, 15) is 9.18 Å². The van der Waals surface area contributed by atoms with E-state index in [0.29, 0.717) is 18.7 Å². The Bertz CT molecular complexity index is 861. The molecule has 0 spiro atoms. The SMILES string of the molecule is CC[C@H](Oc1ccc(F)cc1)C(=O)NCc1ccc2ccccc2c1. The average molecular weight is 337 g/mol. The minimum absolute atomic E-state index is 0.181. The van der Waals surface area contributed by atoms with E-state index >= 15 is 0 Å². The van der Waals surface area contributed by atoms with Crippen molar-refractivity contribution in [3.8, 4) is 5.75 Å². The number of carbonyl (C=O) groups excluding carboxylic acids is 1. The molecule has 0 aliphatic carbocycles. The molecule has 25 heavy (non-hydrogen) atoms. The number of rotatable bonds is 6. The molecule has 0 radical (unpaired) electrons. The average Bonchev–Trinajstić information content (AvgIpc) is 2.65. The van der Waals surface area contributed by atoms with Gasteiger partial charge in [-0.2, -0.15) is 0 Å². The van der Waals surface area contributed by atoms with E-state index < -0.39 is 6.10 Å². The summed E-state index contributed by atoms with van der Waals surface area (Å²) in [6, 6.07) is 19.9. The molecule has 0 unspecified atom stereocenters. The monoisotopic (exact) mass is 337 g/mol. The Morgan fingerprint density at radius 1 is 1.04 bits per heavy atom. The van der Waals surface area contributed by atoms with Gasteiger partial charge in [0, 0.05) is 6.54 Å². The van der Waals surface area contributed by atoms with Gasteiger partial charge >= 0.3 is 0 Å². The Morgan fingerprint density at radius 2 is 1.76 bits per heavy atom. The summed E-state index contributed by atoms with van der Waals surface area (Å²) in [5.74, 6) is -0.0322. The van der Waals surface area contributed by atoms with Gasteiger partial charge in [-0.1, -0.05) is 43.3 Å². The molecule has 0 bridgehead atoms. The highest BCUT2D eigenvalue weighted by Crippen LogP contribution is 2.16. The maximum atomic E-state index is 12.9. The summed E-state index contributed by atoms with van der Waals surface area (Å²) in [5, 5.41) is 5.22. The van der Waals surface area contributed by atoms with Crippen LogP contribution in [0.2, 0.25) is 0 Å². The van der Waals surface area contributed by atoms with Crippen LogP contribution in [0, 0.1) is 5.82 Å². The quantitative estimate of drug-likeness (QED) is 0.721. The first-order valence-electron chi connectivity index (χ1n) is 8.33. The second-order valence-electron chi connectivity index (χ2n) is 5.87. The minimum atomic E-state index is -0.606. The Labute approximate surface area is 146 Å². The first-order chi connectivity index (χ1) is 12.2. The highest BCUT2D eigenvalue weighted by molar-refractivity contribution is 5.83. The van der Waals surface area contributed by atoms with Crippen LogP contribution >= 0.6 is 0 Å². The van der Waals surface area contributed by atoms with Crippen molar-refractivity contribution < 1.29 is 13.9 Å².